The van der Waals surface area contributed by atoms with Gasteiger partial charge in [0.05, 0.1) is 22.4 Å². The smallest absolute Gasteiger partial charge is 0.159 e. The van der Waals surface area contributed by atoms with Crippen LogP contribution in [0.2, 0.25) is 5.02 Å². The van der Waals surface area contributed by atoms with Crippen LogP contribution in [0.3, 0.4) is 0 Å². The van der Waals surface area contributed by atoms with Gasteiger partial charge in [-0.15, -0.1) is 0 Å². The summed E-state index contributed by atoms with van der Waals surface area (Å²) in [6, 6.07) is 2.98. The Morgan fingerprint density at radius 3 is 3.27 bits per heavy atom. The molecule has 0 bridgehead atoms. The molecule has 1 aromatic rings. The molecule has 0 saturated heterocycles. The van der Waals surface area contributed by atoms with Crippen molar-refractivity contribution in [2.45, 2.75) is 0 Å². The van der Waals surface area contributed by atoms with Gasteiger partial charge in [-0.25, -0.2) is 4.98 Å². The van der Waals surface area contributed by atoms with Gasteiger partial charge in [0.15, 0.2) is 5.69 Å². The zero-order chi connectivity index (χ0) is 10.8. The fraction of sp³-hybridized carbons (Fsp3) is 0.143. The van der Waals surface area contributed by atoms with E-state index < -0.39 is 7.04 Å². The molecule has 0 aliphatic carbocycles. The van der Waals surface area contributed by atoms with E-state index in [0.717, 1.165) is 6.20 Å². The van der Waals surface area contributed by atoms with Gasteiger partial charge in [-0.2, -0.15) is 5.26 Å². The molecule has 0 N–H and O–H groups in total. The van der Waals surface area contributed by atoms with Crippen molar-refractivity contribution in [3.63, 3.8) is 0 Å². The Bertz CT molecular complexity index is 386. The highest BCUT2D eigenvalue weighted by Gasteiger charge is 2.01. The number of nitrogens with zero attached hydrogens (tertiary/aromatic N) is 2. The molecule has 0 aliphatic heterocycles. The van der Waals surface area contributed by atoms with E-state index in [2.05, 4.69) is 9.72 Å². The van der Waals surface area contributed by atoms with Crippen LogP contribution in [-0.4, -0.2) is 12.0 Å². The molecule has 1 heterocycles. The molecule has 56 valence electrons. The topological polar surface area (TPSA) is 45.9 Å². The van der Waals surface area contributed by atoms with Gasteiger partial charge in [-0.1, -0.05) is 11.6 Å². The number of nitriles is 1. The van der Waals surface area contributed by atoms with Crippen LogP contribution in [0.4, 0.5) is 0 Å². The Morgan fingerprint density at radius 1 is 1.91 bits per heavy atom. The number of halogens is 1. The van der Waals surface area contributed by atoms with Crippen molar-refractivity contribution >= 4 is 11.6 Å². The zero-order valence-electron chi connectivity index (χ0n) is 8.34. The van der Waals surface area contributed by atoms with Gasteiger partial charge >= 0.3 is 0 Å². The zero-order valence-corrected chi connectivity index (χ0v) is 6.09. The number of ether oxygens (including phenoxy) is 1. The number of methoxy groups -OCH3 is 1. The van der Waals surface area contributed by atoms with Gasteiger partial charge in [0.1, 0.15) is 11.8 Å². The summed E-state index contributed by atoms with van der Waals surface area (Å²) < 4.78 is 25.0. The summed E-state index contributed by atoms with van der Waals surface area (Å²) in [4.78, 5) is 3.61. The summed E-state index contributed by atoms with van der Waals surface area (Å²) in [5, 5.41) is 8.56. The number of pyridine rings is 1. The summed E-state index contributed by atoms with van der Waals surface area (Å²) in [6.07, 6.45) is 1.14. The van der Waals surface area contributed by atoms with Gasteiger partial charge in [0.2, 0.25) is 0 Å². The van der Waals surface area contributed by atoms with Crippen molar-refractivity contribution < 1.29 is 8.85 Å². The average molecular weight is 172 g/mol. The van der Waals surface area contributed by atoms with Crippen LogP contribution in [0.15, 0.2) is 12.3 Å². The maximum Gasteiger partial charge on any atom is 0.159 e. The summed E-state index contributed by atoms with van der Waals surface area (Å²) >= 11 is 5.61. The van der Waals surface area contributed by atoms with E-state index in [4.69, 9.17) is 21.0 Å². The number of hydrogen-bond acceptors (Lipinski definition) is 3. The van der Waals surface area contributed by atoms with Gasteiger partial charge in [-0.3, -0.25) is 0 Å². The second kappa shape index (κ2) is 3.22. The summed E-state index contributed by atoms with van der Waals surface area (Å²) in [5.41, 5.74) is 0.0320. The SMILES string of the molecule is [2H]C([2H])([2H])Oc1cnc(C#N)c(Cl)c1. The molecule has 11 heavy (non-hydrogen) atoms. The molecule has 4 heteroatoms. The van der Waals surface area contributed by atoms with Crippen molar-refractivity contribution in [3.05, 3.63) is 23.0 Å². The van der Waals surface area contributed by atoms with Crippen LogP contribution in [0.1, 0.15) is 9.81 Å². The average Bonchev–Trinajstić information content (AvgIpc) is 2.01. The van der Waals surface area contributed by atoms with E-state index >= 15 is 0 Å². The first-order valence-corrected chi connectivity index (χ1v) is 3.05. The third kappa shape index (κ3) is 1.60. The second-order valence-electron chi connectivity index (χ2n) is 1.72. The van der Waals surface area contributed by atoms with Crippen LogP contribution in [0, 0.1) is 11.3 Å². The van der Waals surface area contributed by atoms with E-state index in [1.807, 2.05) is 0 Å². The lowest BCUT2D eigenvalue weighted by atomic mass is 10.3. The largest absolute Gasteiger partial charge is 0.495 e. The lowest BCUT2D eigenvalue weighted by Crippen LogP contribution is -1.87. The third-order valence-electron chi connectivity index (χ3n) is 1.04. The highest BCUT2D eigenvalue weighted by Crippen LogP contribution is 2.18. The van der Waals surface area contributed by atoms with Crippen molar-refractivity contribution in [1.29, 1.82) is 5.26 Å². The lowest BCUT2D eigenvalue weighted by molar-refractivity contribution is 0.413. The van der Waals surface area contributed by atoms with E-state index in [-0.39, 0.29) is 16.5 Å². The van der Waals surface area contributed by atoms with Crippen LogP contribution in [0.5, 0.6) is 5.75 Å². The van der Waals surface area contributed by atoms with Gasteiger partial charge in [-0.05, 0) is 0 Å². The molecule has 0 radical (unpaired) electrons. The minimum absolute atomic E-state index is 0.00833. The molecule has 3 nitrogen and oxygen atoms in total. The standard InChI is InChI=1S/C7H5ClN2O/c1-11-5-2-6(8)7(3-9)10-4-5/h2,4H,1H3/i1D3. The van der Waals surface area contributed by atoms with E-state index in [1.54, 1.807) is 6.07 Å². The molecular weight excluding hydrogens is 164 g/mol. The van der Waals surface area contributed by atoms with Crippen LogP contribution in [-0.2, 0) is 0 Å². The number of aromatic nitrogens is 1. The first-order valence-electron chi connectivity index (χ1n) is 4.17. The first kappa shape index (κ1) is 4.58. The molecule has 0 spiro atoms. The normalized spacial score (nSPS) is 14.0. The first-order chi connectivity index (χ1) is 6.42. The van der Waals surface area contributed by atoms with E-state index in [9.17, 15) is 0 Å². The van der Waals surface area contributed by atoms with Gasteiger partial charge < -0.3 is 4.74 Å². The molecule has 0 atom stereocenters. The molecule has 0 aromatic carbocycles. The maximum absolute atomic E-state index is 8.49. The van der Waals surface area contributed by atoms with Crippen LogP contribution < -0.4 is 4.74 Å². The highest BCUT2D eigenvalue weighted by molar-refractivity contribution is 6.31. The molecule has 0 saturated carbocycles. The molecule has 0 unspecified atom stereocenters. The minimum Gasteiger partial charge on any atom is -0.495 e. The quantitative estimate of drug-likeness (QED) is 0.645. The number of rotatable bonds is 1. The maximum atomic E-state index is 8.49. The Labute approximate surface area is 73.4 Å². The molecule has 0 fully saturated rings. The monoisotopic (exact) mass is 171 g/mol. The Morgan fingerprint density at radius 2 is 2.73 bits per heavy atom. The van der Waals surface area contributed by atoms with E-state index in [0.29, 0.717) is 0 Å². The van der Waals surface area contributed by atoms with Gasteiger partial charge in [0.25, 0.3) is 0 Å². The molecule has 1 rings (SSSR count). The fourth-order valence-electron chi connectivity index (χ4n) is 0.558. The summed E-state index contributed by atoms with van der Waals surface area (Å²) in [5.74, 6) is 0.00833. The second-order valence-corrected chi connectivity index (χ2v) is 2.12. The molecule has 0 amide bonds. The predicted octanol–water partition coefficient (Wildman–Crippen LogP) is 1.62. The van der Waals surface area contributed by atoms with Crippen LogP contribution in [0.25, 0.3) is 0 Å². The minimum atomic E-state index is -2.54. The van der Waals surface area contributed by atoms with Crippen molar-refractivity contribution in [2.24, 2.45) is 0 Å². The van der Waals surface area contributed by atoms with Gasteiger partial charge in [0, 0.05) is 6.07 Å². The fourth-order valence-corrected chi connectivity index (χ4v) is 0.757. The summed E-state index contributed by atoms with van der Waals surface area (Å²) in [7, 11) is -2.54. The third-order valence-corrected chi connectivity index (χ3v) is 1.33. The molecule has 0 aliphatic rings. The Hall–Kier alpha value is -1.27. The van der Waals surface area contributed by atoms with Crippen molar-refractivity contribution in [3.8, 4) is 11.8 Å². The summed E-state index contributed by atoms with van der Waals surface area (Å²) in [6.45, 7) is 0. The molecular formula is C7H5ClN2O. The van der Waals surface area contributed by atoms with Crippen LogP contribution >= 0.6 is 11.6 Å². The Balaban J connectivity index is 2.94. The molecule has 1 aromatic heterocycles. The number of hydrogen-bond donors (Lipinski definition) is 0. The predicted molar refractivity (Wildman–Crippen MR) is 40.5 cm³/mol. The lowest BCUT2D eigenvalue weighted by Gasteiger charge is -1.98. The van der Waals surface area contributed by atoms with E-state index in [1.165, 1.54) is 6.07 Å². The highest BCUT2D eigenvalue weighted by atomic mass is 35.5. The van der Waals surface area contributed by atoms with Crippen molar-refractivity contribution in [2.75, 3.05) is 7.04 Å². The van der Waals surface area contributed by atoms with Crippen molar-refractivity contribution in [1.82, 2.24) is 4.98 Å². The Kier molecular flexibility index (Phi) is 1.34.